The summed E-state index contributed by atoms with van der Waals surface area (Å²) in [6.45, 7) is 4.20. The zero-order valence-electron chi connectivity index (χ0n) is 19.4. The third-order valence-electron chi connectivity index (χ3n) is 5.99. The van der Waals surface area contributed by atoms with Gasteiger partial charge in [-0.3, -0.25) is 4.55 Å². The van der Waals surface area contributed by atoms with E-state index in [2.05, 4.69) is 6.92 Å². The van der Waals surface area contributed by atoms with Crippen LogP contribution in [0.4, 0.5) is 0 Å². The van der Waals surface area contributed by atoms with E-state index in [1.165, 1.54) is 64.2 Å². The van der Waals surface area contributed by atoms with Gasteiger partial charge in [-0.25, -0.2) is 0 Å². The molecule has 29 heavy (non-hydrogen) atoms. The van der Waals surface area contributed by atoms with Crippen LogP contribution in [0.3, 0.4) is 0 Å². The van der Waals surface area contributed by atoms with Gasteiger partial charge in [-0.05, 0) is 25.7 Å². The standard InChI is InChI=1S/C24H50O4S/c1-3-5-6-7-8-10-13-16-20-23(25)21-17-14-11-9-12-15-18-22-24(19-4-2)29(26,27)28/h23-25H,3-22H2,1-2H3,(H,26,27,28). The van der Waals surface area contributed by atoms with E-state index in [-0.39, 0.29) is 6.10 Å². The molecule has 2 unspecified atom stereocenters. The van der Waals surface area contributed by atoms with E-state index in [0.717, 1.165) is 51.4 Å². The number of rotatable bonds is 22. The Balaban J connectivity index is 3.41. The van der Waals surface area contributed by atoms with Gasteiger partial charge < -0.3 is 5.11 Å². The first kappa shape index (κ1) is 28.9. The molecule has 0 saturated heterocycles. The van der Waals surface area contributed by atoms with Crippen LogP contribution in [0.15, 0.2) is 0 Å². The fraction of sp³-hybridized carbons (Fsp3) is 1.00. The SMILES string of the molecule is CCCCCCCCCCC(O)CCCCCCCCCC(CCC)S(=O)(=O)O. The highest BCUT2D eigenvalue weighted by atomic mass is 32.2. The summed E-state index contributed by atoms with van der Waals surface area (Å²) >= 11 is 0. The zero-order valence-corrected chi connectivity index (χ0v) is 20.2. The predicted molar refractivity (Wildman–Crippen MR) is 125 cm³/mol. The number of unbranched alkanes of at least 4 members (excludes halogenated alkanes) is 13. The Labute approximate surface area is 182 Å². The fourth-order valence-corrected chi connectivity index (χ4v) is 5.06. The second-order valence-corrected chi connectivity index (χ2v) is 10.6. The topological polar surface area (TPSA) is 74.6 Å². The van der Waals surface area contributed by atoms with Gasteiger partial charge in [0.05, 0.1) is 11.4 Å². The van der Waals surface area contributed by atoms with E-state index in [1.807, 2.05) is 6.92 Å². The molecule has 0 radical (unpaired) electrons. The highest BCUT2D eigenvalue weighted by molar-refractivity contribution is 7.86. The van der Waals surface area contributed by atoms with Gasteiger partial charge in [-0.15, -0.1) is 0 Å². The maximum absolute atomic E-state index is 11.3. The Hall–Kier alpha value is -0.130. The third-order valence-corrected chi connectivity index (χ3v) is 7.30. The molecule has 4 nitrogen and oxygen atoms in total. The van der Waals surface area contributed by atoms with Crippen LogP contribution in [0.1, 0.15) is 142 Å². The normalized spacial score (nSPS) is 14.2. The van der Waals surface area contributed by atoms with Gasteiger partial charge in [-0.2, -0.15) is 8.42 Å². The van der Waals surface area contributed by atoms with Crippen LogP contribution in [0.5, 0.6) is 0 Å². The van der Waals surface area contributed by atoms with E-state index >= 15 is 0 Å². The fourth-order valence-electron chi connectivity index (χ4n) is 4.06. The van der Waals surface area contributed by atoms with Crippen molar-refractivity contribution in [1.82, 2.24) is 0 Å². The van der Waals surface area contributed by atoms with Gasteiger partial charge in [-0.1, -0.05) is 117 Å². The quantitative estimate of drug-likeness (QED) is 0.137. The van der Waals surface area contributed by atoms with Crippen molar-refractivity contribution in [2.24, 2.45) is 0 Å². The molecular formula is C24H50O4S. The average Bonchev–Trinajstić information content (AvgIpc) is 2.67. The van der Waals surface area contributed by atoms with Crippen LogP contribution in [0.2, 0.25) is 0 Å². The van der Waals surface area contributed by atoms with Gasteiger partial charge in [0.2, 0.25) is 0 Å². The van der Waals surface area contributed by atoms with E-state index in [9.17, 15) is 18.1 Å². The Morgan fingerprint density at radius 1 is 0.552 bits per heavy atom. The van der Waals surface area contributed by atoms with Crippen molar-refractivity contribution in [2.75, 3.05) is 0 Å². The zero-order chi connectivity index (χ0) is 21.8. The Morgan fingerprint density at radius 3 is 1.31 bits per heavy atom. The van der Waals surface area contributed by atoms with Gasteiger partial charge in [0, 0.05) is 0 Å². The molecule has 0 aliphatic heterocycles. The van der Waals surface area contributed by atoms with Gasteiger partial charge in [0.1, 0.15) is 0 Å². The number of hydrogen-bond donors (Lipinski definition) is 2. The smallest absolute Gasteiger partial charge is 0.267 e. The molecule has 0 aromatic carbocycles. The van der Waals surface area contributed by atoms with Crippen LogP contribution in [0, 0.1) is 0 Å². The van der Waals surface area contributed by atoms with Crippen molar-refractivity contribution in [3.63, 3.8) is 0 Å². The first-order valence-electron chi connectivity index (χ1n) is 12.6. The summed E-state index contributed by atoms with van der Waals surface area (Å²) in [6.07, 6.45) is 21.9. The van der Waals surface area contributed by atoms with E-state index in [0.29, 0.717) is 12.8 Å². The van der Waals surface area contributed by atoms with Crippen molar-refractivity contribution < 1.29 is 18.1 Å². The molecule has 2 N–H and O–H groups in total. The molecule has 0 spiro atoms. The summed E-state index contributed by atoms with van der Waals surface area (Å²) < 4.78 is 31.8. The second-order valence-electron chi connectivity index (χ2n) is 8.90. The molecule has 0 aromatic heterocycles. The first-order chi connectivity index (χ1) is 13.9. The summed E-state index contributed by atoms with van der Waals surface area (Å²) in [5.41, 5.74) is 0. The Kier molecular flexibility index (Phi) is 19.7. The first-order valence-corrected chi connectivity index (χ1v) is 14.1. The number of hydrogen-bond acceptors (Lipinski definition) is 3. The van der Waals surface area contributed by atoms with E-state index in [1.54, 1.807) is 0 Å². The van der Waals surface area contributed by atoms with E-state index < -0.39 is 15.4 Å². The minimum absolute atomic E-state index is 0.119. The van der Waals surface area contributed by atoms with Crippen LogP contribution in [-0.2, 0) is 10.1 Å². The lowest BCUT2D eigenvalue weighted by molar-refractivity contribution is 0.147. The molecule has 2 atom stereocenters. The summed E-state index contributed by atoms with van der Waals surface area (Å²) in [5.74, 6) is 0. The van der Waals surface area contributed by atoms with Crippen LogP contribution in [-0.4, -0.2) is 29.4 Å². The molecule has 0 heterocycles. The van der Waals surface area contributed by atoms with Crippen molar-refractivity contribution in [3.8, 4) is 0 Å². The monoisotopic (exact) mass is 434 g/mol. The molecule has 0 fully saturated rings. The Bertz CT molecular complexity index is 436. The molecule has 5 heteroatoms. The molecule has 0 saturated carbocycles. The number of aliphatic hydroxyl groups is 1. The number of aliphatic hydroxyl groups excluding tert-OH is 1. The largest absolute Gasteiger partial charge is 0.393 e. The Morgan fingerprint density at radius 2 is 0.931 bits per heavy atom. The minimum atomic E-state index is -3.88. The summed E-state index contributed by atoms with van der Waals surface area (Å²) in [4.78, 5) is 0. The predicted octanol–water partition coefficient (Wildman–Crippen LogP) is 7.45. The molecule has 0 aliphatic carbocycles. The van der Waals surface area contributed by atoms with Crippen LogP contribution >= 0.6 is 0 Å². The van der Waals surface area contributed by atoms with Crippen LogP contribution < -0.4 is 0 Å². The van der Waals surface area contributed by atoms with Gasteiger partial charge >= 0.3 is 0 Å². The summed E-state index contributed by atoms with van der Waals surface area (Å²) in [6, 6.07) is 0. The molecule has 0 aromatic rings. The van der Waals surface area contributed by atoms with Gasteiger partial charge in [0.25, 0.3) is 10.1 Å². The maximum Gasteiger partial charge on any atom is 0.267 e. The maximum atomic E-state index is 11.3. The lowest BCUT2D eigenvalue weighted by Crippen LogP contribution is -2.20. The molecule has 176 valence electrons. The van der Waals surface area contributed by atoms with Crippen molar-refractivity contribution in [2.45, 2.75) is 154 Å². The summed E-state index contributed by atoms with van der Waals surface area (Å²) in [5, 5.41) is 9.51. The highest BCUT2D eigenvalue weighted by Gasteiger charge is 2.21. The molecular weight excluding hydrogens is 384 g/mol. The lowest BCUT2D eigenvalue weighted by Gasteiger charge is -2.12. The van der Waals surface area contributed by atoms with Crippen molar-refractivity contribution in [1.29, 1.82) is 0 Å². The van der Waals surface area contributed by atoms with Gasteiger partial charge in [0.15, 0.2) is 0 Å². The van der Waals surface area contributed by atoms with Crippen molar-refractivity contribution >= 4 is 10.1 Å². The molecule has 0 bridgehead atoms. The van der Waals surface area contributed by atoms with Crippen molar-refractivity contribution in [3.05, 3.63) is 0 Å². The van der Waals surface area contributed by atoms with E-state index in [4.69, 9.17) is 0 Å². The average molecular weight is 435 g/mol. The van der Waals surface area contributed by atoms with Crippen LogP contribution in [0.25, 0.3) is 0 Å². The lowest BCUT2D eigenvalue weighted by atomic mass is 10.0. The minimum Gasteiger partial charge on any atom is -0.393 e. The molecule has 0 aliphatic rings. The summed E-state index contributed by atoms with van der Waals surface area (Å²) in [7, 11) is -3.88. The second kappa shape index (κ2) is 19.8. The molecule has 0 rings (SSSR count). The third kappa shape index (κ3) is 19.6. The molecule has 0 amide bonds. The highest BCUT2D eigenvalue weighted by Crippen LogP contribution is 2.18.